The van der Waals surface area contributed by atoms with Crippen LogP contribution in [-0.2, 0) is 0 Å². The number of nitrogens with one attached hydrogen (secondary N) is 1. The fraction of sp³-hybridized carbons (Fsp3) is 0.636. The molecule has 25 heavy (non-hydrogen) atoms. The SMILES string of the molecule is CC.CCCN1C[C@H](CSC)CCC1C.Cc1ccccccc[nH]1. The summed E-state index contributed by atoms with van der Waals surface area (Å²) < 4.78 is 0. The average Bonchev–Trinajstić information content (AvgIpc) is 2.74. The first-order valence-electron chi connectivity index (χ1n) is 9.83. The highest BCUT2D eigenvalue weighted by molar-refractivity contribution is 7.98. The molecule has 1 unspecified atom stereocenters. The second kappa shape index (κ2) is 16.5. The molecule has 2 rings (SSSR count). The van der Waals surface area contributed by atoms with Gasteiger partial charge in [0, 0.05) is 24.5 Å². The molecule has 0 spiro atoms. The zero-order valence-corrected chi connectivity index (χ0v) is 18.1. The first-order chi connectivity index (χ1) is 12.2. The molecule has 1 saturated heterocycles. The lowest BCUT2D eigenvalue weighted by Crippen LogP contribution is -2.42. The molecule has 0 amide bonds. The van der Waals surface area contributed by atoms with E-state index in [-0.39, 0.29) is 0 Å². The lowest BCUT2D eigenvalue weighted by atomic mass is 9.95. The third-order valence-corrected chi connectivity index (χ3v) is 5.02. The van der Waals surface area contributed by atoms with Gasteiger partial charge in [0.05, 0.1) is 0 Å². The van der Waals surface area contributed by atoms with E-state index < -0.39 is 0 Å². The van der Waals surface area contributed by atoms with Crippen molar-refractivity contribution in [3.05, 3.63) is 48.3 Å². The third kappa shape index (κ3) is 12.1. The van der Waals surface area contributed by atoms with Crippen molar-refractivity contribution in [2.45, 2.75) is 59.9 Å². The monoisotopic (exact) mass is 364 g/mol. The van der Waals surface area contributed by atoms with Gasteiger partial charge in [-0.2, -0.15) is 11.8 Å². The van der Waals surface area contributed by atoms with Crippen molar-refractivity contribution in [1.29, 1.82) is 0 Å². The number of nitrogens with zero attached hydrogens (tertiary/aromatic N) is 1. The Morgan fingerprint density at radius 1 is 1.12 bits per heavy atom. The van der Waals surface area contributed by atoms with Crippen molar-refractivity contribution in [3.8, 4) is 0 Å². The van der Waals surface area contributed by atoms with E-state index >= 15 is 0 Å². The molecule has 2 atom stereocenters. The number of H-pyrrole nitrogens is 1. The fourth-order valence-electron chi connectivity index (χ4n) is 2.91. The number of hydrogen-bond donors (Lipinski definition) is 1. The number of thioether (sulfide) groups is 1. The summed E-state index contributed by atoms with van der Waals surface area (Å²) in [4.78, 5) is 5.77. The largest absolute Gasteiger partial charge is 0.365 e. The summed E-state index contributed by atoms with van der Waals surface area (Å²) in [5, 5.41) is 0. The van der Waals surface area contributed by atoms with Crippen LogP contribution in [0.3, 0.4) is 0 Å². The summed E-state index contributed by atoms with van der Waals surface area (Å²) in [6.07, 6.45) is 8.29. The molecule has 1 N–H and O–H groups in total. The Balaban J connectivity index is 0.000000430. The van der Waals surface area contributed by atoms with Crippen LogP contribution in [-0.4, -0.2) is 41.0 Å². The van der Waals surface area contributed by atoms with Gasteiger partial charge < -0.3 is 9.88 Å². The molecule has 1 aromatic heterocycles. The predicted molar refractivity (Wildman–Crippen MR) is 117 cm³/mol. The molecule has 2 heterocycles. The Labute approximate surface area is 161 Å². The lowest BCUT2D eigenvalue weighted by molar-refractivity contribution is 0.127. The maximum absolute atomic E-state index is 3.10. The molecule has 0 radical (unpaired) electrons. The summed E-state index contributed by atoms with van der Waals surface area (Å²) in [7, 11) is 0. The quantitative estimate of drug-likeness (QED) is 0.673. The Kier molecular flexibility index (Phi) is 15.9. The van der Waals surface area contributed by atoms with Gasteiger partial charge in [-0.3, -0.25) is 0 Å². The highest BCUT2D eigenvalue weighted by Gasteiger charge is 2.23. The second-order valence-corrected chi connectivity index (χ2v) is 7.28. The molecule has 144 valence electrons. The molecule has 0 aliphatic carbocycles. The number of aromatic nitrogens is 1. The van der Waals surface area contributed by atoms with E-state index in [0.717, 1.165) is 17.7 Å². The van der Waals surface area contributed by atoms with Gasteiger partial charge in [0.1, 0.15) is 0 Å². The molecule has 2 nitrogen and oxygen atoms in total. The van der Waals surface area contributed by atoms with Crippen LogP contribution in [0, 0.1) is 12.8 Å². The Hall–Kier alpha value is -0.930. The van der Waals surface area contributed by atoms with Crippen LogP contribution in [0.4, 0.5) is 0 Å². The van der Waals surface area contributed by atoms with E-state index in [0.29, 0.717) is 0 Å². The third-order valence-electron chi connectivity index (χ3n) is 4.22. The molecular formula is C22H40N2S. The molecule has 0 aromatic carbocycles. The number of likely N-dealkylation sites (tertiary alicyclic amines) is 1. The first kappa shape index (κ1) is 24.1. The molecule has 3 heteroatoms. The molecule has 0 bridgehead atoms. The van der Waals surface area contributed by atoms with E-state index in [1.54, 1.807) is 0 Å². The van der Waals surface area contributed by atoms with Gasteiger partial charge in [-0.15, -0.1) is 0 Å². The molecule has 0 saturated carbocycles. The molecule has 1 aliphatic rings. The van der Waals surface area contributed by atoms with Crippen LogP contribution in [0.1, 0.15) is 52.7 Å². The maximum Gasteiger partial charge on any atom is 0.0115 e. The van der Waals surface area contributed by atoms with Gasteiger partial charge in [-0.25, -0.2) is 0 Å². The predicted octanol–water partition coefficient (Wildman–Crippen LogP) is 6.33. The normalized spacial score (nSPS) is 19.6. The smallest absolute Gasteiger partial charge is 0.0115 e. The van der Waals surface area contributed by atoms with E-state index in [1.165, 1.54) is 38.1 Å². The number of rotatable bonds is 4. The number of aromatic amines is 1. The summed E-state index contributed by atoms with van der Waals surface area (Å²) in [6, 6.07) is 12.8. The lowest BCUT2D eigenvalue weighted by Gasteiger charge is -2.37. The van der Waals surface area contributed by atoms with Gasteiger partial charge in [0.25, 0.3) is 0 Å². The maximum atomic E-state index is 3.10. The minimum Gasteiger partial charge on any atom is -0.365 e. The van der Waals surface area contributed by atoms with Gasteiger partial charge in [0.2, 0.25) is 0 Å². The van der Waals surface area contributed by atoms with Gasteiger partial charge in [-0.1, -0.05) is 45.0 Å². The minimum atomic E-state index is 0.832. The van der Waals surface area contributed by atoms with E-state index in [2.05, 4.69) is 30.0 Å². The van der Waals surface area contributed by atoms with Gasteiger partial charge >= 0.3 is 0 Å². The van der Waals surface area contributed by atoms with Crippen LogP contribution in [0.15, 0.2) is 42.6 Å². The summed E-state index contributed by atoms with van der Waals surface area (Å²) in [5.74, 6) is 2.31. The van der Waals surface area contributed by atoms with Crippen LogP contribution in [0.2, 0.25) is 0 Å². The minimum absolute atomic E-state index is 0.832. The van der Waals surface area contributed by atoms with E-state index in [9.17, 15) is 0 Å². The zero-order valence-electron chi connectivity index (χ0n) is 17.3. The van der Waals surface area contributed by atoms with Crippen LogP contribution < -0.4 is 0 Å². The van der Waals surface area contributed by atoms with Gasteiger partial charge in [-0.05, 0) is 69.7 Å². The Morgan fingerprint density at radius 2 is 1.80 bits per heavy atom. The van der Waals surface area contributed by atoms with E-state index in [1.807, 2.05) is 75.1 Å². The summed E-state index contributed by atoms with van der Waals surface area (Å²) >= 11 is 2.00. The molecular weight excluding hydrogens is 324 g/mol. The van der Waals surface area contributed by atoms with Crippen molar-refractivity contribution < 1.29 is 0 Å². The van der Waals surface area contributed by atoms with Crippen LogP contribution in [0.5, 0.6) is 0 Å². The van der Waals surface area contributed by atoms with Crippen LogP contribution >= 0.6 is 11.8 Å². The van der Waals surface area contributed by atoms with Crippen molar-refractivity contribution >= 4 is 11.8 Å². The Bertz CT molecular complexity index is 433. The number of aryl methyl sites for hydroxylation is 1. The molecule has 1 aliphatic heterocycles. The number of piperidine rings is 1. The number of hydrogen-bond acceptors (Lipinski definition) is 2. The topological polar surface area (TPSA) is 19.0 Å². The summed E-state index contributed by atoms with van der Waals surface area (Å²) in [5.41, 5.74) is 1.15. The average molecular weight is 365 g/mol. The fourth-order valence-corrected chi connectivity index (χ4v) is 3.65. The van der Waals surface area contributed by atoms with Crippen molar-refractivity contribution in [2.24, 2.45) is 5.92 Å². The standard InChI is InChI=1S/C11H23NS.C9H11N.C2H6/c1-4-7-12-8-11(9-13-3)6-5-10(12)2;1-9-7-5-3-2-4-6-8-10-9;1-2/h10-11H,4-9H2,1-3H3;2-8,10H,1H3;1-2H3/t10?,11-;;/m1../s1. The van der Waals surface area contributed by atoms with Crippen molar-refractivity contribution in [1.82, 2.24) is 9.88 Å². The van der Waals surface area contributed by atoms with Crippen molar-refractivity contribution in [2.75, 3.05) is 25.1 Å². The second-order valence-electron chi connectivity index (χ2n) is 6.37. The highest BCUT2D eigenvalue weighted by atomic mass is 32.2. The molecule has 1 fully saturated rings. The van der Waals surface area contributed by atoms with Crippen molar-refractivity contribution in [3.63, 3.8) is 0 Å². The Morgan fingerprint density at radius 3 is 2.48 bits per heavy atom. The van der Waals surface area contributed by atoms with Crippen LogP contribution in [0.25, 0.3) is 0 Å². The molecule has 1 aromatic rings. The summed E-state index contributed by atoms with van der Waals surface area (Å²) in [6.45, 7) is 13.3. The highest BCUT2D eigenvalue weighted by Crippen LogP contribution is 2.24. The van der Waals surface area contributed by atoms with E-state index in [4.69, 9.17) is 0 Å². The first-order valence-corrected chi connectivity index (χ1v) is 11.2. The van der Waals surface area contributed by atoms with Gasteiger partial charge in [0.15, 0.2) is 0 Å². The zero-order chi connectivity index (χ0) is 18.9.